The lowest BCUT2D eigenvalue weighted by molar-refractivity contribution is 0.169. The van der Waals surface area contributed by atoms with Crippen molar-refractivity contribution in [1.82, 2.24) is 9.62 Å². The summed E-state index contributed by atoms with van der Waals surface area (Å²) in [4.78, 5) is 0. The van der Waals surface area contributed by atoms with E-state index in [1.165, 1.54) is 6.26 Å². The minimum atomic E-state index is -3.02. The lowest BCUT2D eigenvalue weighted by Gasteiger charge is -2.37. The molecule has 2 atom stereocenters. The summed E-state index contributed by atoms with van der Waals surface area (Å²) in [5.74, 6) is 0.507. The van der Waals surface area contributed by atoms with Crippen LogP contribution < -0.4 is 5.32 Å². The van der Waals surface area contributed by atoms with Gasteiger partial charge in [0.1, 0.15) is 0 Å². The van der Waals surface area contributed by atoms with Gasteiger partial charge in [0.15, 0.2) is 0 Å². The van der Waals surface area contributed by atoms with E-state index in [2.05, 4.69) is 26.1 Å². The Balaban J connectivity index is 2.60. The van der Waals surface area contributed by atoms with E-state index >= 15 is 0 Å². The fourth-order valence-corrected chi connectivity index (χ4v) is 3.90. The van der Waals surface area contributed by atoms with E-state index in [1.807, 2.05) is 0 Å². The Labute approximate surface area is 119 Å². The van der Waals surface area contributed by atoms with Crippen molar-refractivity contribution in [3.63, 3.8) is 0 Å². The number of nitrogens with zero attached hydrogens (tertiary/aromatic N) is 1. The molecule has 0 aromatic rings. The monoisotopic (exact) mass is 290 g/mol. The van der Waals surface area contributed by atoms with E-state index in [0.717, 1.165) is 38.8 Å². The summed E-state index contributed by atoms with van der Waals surface area (Å²) >= 11 is 0. The Morgan fingerprint density at radius 1 is 1.37 bits per heavy atom. The standard InChI is InChI=1S/C14H30N2O2S/c1-5-14(3,12-15-6-2)10-13-8-7-9-16(11-13)19(4,17)18/h13,15H,5-12H2,1-4H3. The maximum Gasteiger partial charge on any atom is 0.211 e. The highest BCUT2D eigenvalue weighted by Crippen LogP contribution is 2.33. The van der Waals surface area contributed by atoms with Crippen molar-refractivity contribution in [2.24, 2.45) is 11.3 Å². The molecule has 1 saturated heterocycles. The topological polar surface area (TPSA) is 49.4 Å². The molecule has 0 amide bonds. The van der Waals surface area contributed by atoms with Gasteiger partial charge in [-0.05, 0) is 43.6 Å². The maximum absolute atomic E-state index is 11.7. The van der Waals surface area contributed by atoms with Crippen molar-refractivity contribution in [3.8, 4) is 0 Å². The zero-order valence-electron chi connectivity index (χ0n) is 12.9. The third-order valence-electron chi connectivity index (χ3n) is 4.39. The highest BCUT2D eigenvalue weighted by Gasteiger charge is 2.31. The summed E-state index contributed by atoms with van der Waals surface area (Å²) in [5.41, 5.74) is 0.279. The molecular formula is C14H30N2O2S. The summed E-state index contributed by atoms with van der Waals surface area (Å²) in [5, 5.41) is 3.44. The van der Waals surface area contributed by atoms with Crippen molar-refractivity contribution in [2.45, 2.75) is 46.5 Å². The molecule has 114 valence electrons. The molecule has 1 fully saturated rings. The van der Waals surface area contributed by atoms with Crippen molar-refractivity contribution >= 4 is 10.0 Å². The molecule has 1 N–H and O–H groups in total. The number of rotatable bonds is 7. The number of sulfonamides is 1. The van der Waals surface area contributed by atoms with Gasteiger partial charge in [0.2, 0.25) is 10.0 Å². The predicted molar refractivity (Wildman–Crippen MR) is 80.7 cm³/mol. The van der Waals surface area contributed by atoms with Crippen molar-refractivity contribution < 1.29 is 8.42 Å². The van der Waals surface area contributed by atoms with Crippen LogP contribution >= 0.6 is 0 Å². The lowest BCUT2D eigenvalue weighted by Crippen LogP contribution is -2.42. The minimum absolute atomic E-state index is 0.279. The Morgan fingerprint density at radius 3 is 2.58 bits per heavy atom. The number of piperidine rings is 1. The van der Waals surface area contributed by atoms with Gasteiger partial charge in [-0.15, -0.1) is 0 Å². The molecule has 0 saturated carbocycles. The second-order valence-electron chi connectivity index (χ2n) is 6.28. The van der Waals surface area contributed by atoms with E-state index in [0.29, 0.717) is 19.0 Å². The number of nitrogens with one attached hydrogen (secondary N) is 1. The van der Waals surface area contributed by atoms with Gasteiger partial charge in [0.25, 0.3) is 0 Å². The van der Waals surface area contributed by atoms with Crippen LogP contribution in [0.4, 0.5) is 0 Å². The third-order valence-corrected chi connectivity index (χ3v) is 5.66. The SMILES string of the molecule is CCNCC(C)(CC)CC1CCCN(S(C)(=O)=O)C1. The molecule has 1 aliphatic rings. The van der Waals surface area contributed by atoms with Gasteiger partial charge in [0.05, 0.1) is 6.26 Å². The molecule has 0 aromatic heterocycles. The largest absolute Gasteiger partial charge is 0.316 e. The fourth-order valence-electron chi connectivity index (χ4n) is 2.96. The molecule has 2 unspecified atom stereocenters. The second kappa shape index (κ2) is 7.04. The van der Waals surface area contributed by atoms with Crippen LogP contribution in [0.2, 0.25) is 0 Å². The smallest absolute Gasteiger partial charge is 0.211 e. The van der Waals surface area contributed by atoms with Crippen LogP contribution in [0.1, 0.15) is 46.5 Å². The summed E-state index contributed by atoms with van der Waals surface area (Å²) < 4.78 is 25.0. The first-order chi connectivity index (χ1) is 8.80. The van der Waals surface area contributed by atoms with Crippen LogP contribution in [0.5, 0.6) is 0 Å². The van der Waals surface area contributed by atoms with Crippen LogP contribution in [0.15, 0.2) is 0 Å². The normalized spacial score (nSPS) is 25.2. The summed E-state index contributed by atoms with van der Waals surface area (Å²) in [6.45, 7) is 10.1. The van der Waals surface area contributed by atoms with Gasteiger partial charge in [-0.25, -0.2) is 12.7 Å². The van der Waals surface area contributed by atoms with Crippen LogP contribution in [-0.4, -0.2) is 45.2 Å². The number of hydrogen-bond acceptors (Lipinski definition) is 3. The third kappa shape index (κ3) is 5.40. The average Bonchev–Trinajstić information content (AvgIpc) is 2.36. The number of hydrogen-bond donors (Lipinski definition) is 1. The Morgan fingerprint density at radius 2 is 2.05 bits per heavy atom. The Bertz CT molecular complexity index is 370. The molecule has 0 radical (unpaired) electrons. The zero-order chi connectivity index (χ0) is 14.5. The second-order valence-corrected chi connectivity index (χ2v) is 8.26. The predicted octanol–water partition coefficient (Wildman–Crippen LogP) is 2.07. The zero-order valence-corrected chi connectivity index (χ0v) is 13.7. The summed E-state index contributed by atoms with van der Waals surface area (Å²) in [6, 6.07) is 0. The highest BCUT2D eigenvalue weighted by molar-refractivity contribution is 7.88. The van der Waals surface area contributed by atoms with E-state index in [-0.39, 0.29) is 5.41 Å². The molecule has 0 aromatic carbocycles. The van der Waals surface area contributed by atoms with Gasteiger partial charge >= 0.3 is 0 Å². The van der Waals surface area contributed by atoms with Crippen LogP contribution in [0, 0.1) is 11.3 Å². The van der Waals surface area contributed by atoms with Crippen molar-refractivity contribution in [3.05, 3.63) is 0 Å². The highest BCUT2D eigenvalue weighted by atomic mass is 32.2. The maximum atomic E-state index is 11.7. The van der Waals surface area contributed by atoms with Crippen LogP contribution in [0.3, 0.4) is 0 Å². The summed E-state index contributed by atoms with van der Waals surface area (Å²) in [7, 11) is -3.02. The van der Waals surface area contributed by atoms with Gasteiger partial charge < -0.3 is 5.32 Å². The minimum Gasteiger partial charge on any atom is -0.316 e. The fraction of sp³-hybridized carbons (Fsp3) is 1.00. The van der Waals surface area contributed by atoms with Crippen LogP contribution in [-0.2, 0) is 10.0 Å². The van der Waals surface area contributed by atoms with E-state index in [1.54, 1.807) is 4.31 Å². The quantitative estimate of drug-likeness (QED) is 0.781. The van der Waals surface area contributed by atoms with Crippen molar-refractivity contribution in [1.29, 1.82) is 0 Å². The molecule has 0 aliphatic carbocycles. The first kappa shape index (κ1) is 16.9. The molecule has 1 aliphatic heterocycles. The summed E-state index contributed by atoms with van der Waals surface area (Å²) in [6.07, 6.45) is 5.73. The van der Waals surface area contributed by atoms with Gasteiger partial charge in [-0.2, -0.15) is 0 Å². The molecule has 4 nitrogen and oxygen atoms in total. The Kier molecular flexibility index (Phi) is 6.27. The Hall–Kier alpha value is -0.130. The van der Waals surface area contributed by atoms with Gasteiger partial charge in [0, 0.05) is 19.6 Å². The average molecular weight is 290 g/mol. The van der Waals surface area contributed by atoms with Crippen LogP contribution in [0.25, 0.3) is 0 Å². The molecule has 0 spiro atoms. The first-order valence-corrected chi connectivity index (χ1v) is 9.31. The van der Waals surface area contributed by atoms with E-state index in [4.69, 9.17) is 0 Å². The molecule has 19 heavy (non-hydrogen) atoms. The molecule has 1 heterocycles. The van der Waals surface area contributed by atoms with E-state index in [9.17, 15) is 8.42 Å². The molecular weight excluding hydrogens is 260 g/mol. The molecule has 0 bridgehead atoms. The molecule has 5 heteroatoms. The van der Waals surface area contributed by atoms with Gasteiger partial charge in [-0.3, -0.25) is 0 Å². The van der Waals surface area contributed by atoms with Crippen molar-refractivity contribution in [2.75, 3.05) is 32.4 Å². The lowest BCUT2D eigenvalue weighted by atomic mass is 9.76. The van der Waals surface area contributed by atoms with E-state index < -0.39 is 10.0 Å². The van der Waals surface area contributed by atoms with Gasteiger partial charge in [-0.1, -0.05) is 20.8 Å². The molecule has 1 rings (SSSR count). The first-order valence-electron chi connectivity index (χ1n) is 7.46.